The number of anilines is 2. The molecule has 2 saturated heterocycles. The van der Waals surface area contributed by atoms with Gasteiger partial charge in [-0.3, -0.25) is 14.4 Å². The molecule has 0 saturated carbocycles. The van der Waals surface area contributed by atoms with Gasteiger partial charge in [0, 0.05) is 52.1 Å². The molecule has 0 radical (unpaired) electrons. The van der Waals surface area contributed by atoms with Gasteiger partial charge < -0.3 is 24.6 Å². The van der Waals surface area contributed by atoms with E-state index in [4.69, 9.17) is 9.47 Å². The normalized spacial score (nSPS) is 15.7. The number of methoxy groups -OCH3 is 1. The van der Waals surface area contributed by atoms with Gasteiger partial charge in [0.1, 0.15) is 11.5 Å². The molecule has 1 N–H and O–H groups in total. The second-order valence-corrected chi connectivity index (χ2v) is 9.37. The van der Waals surface area contributed by atoms with Gasteiger partial charge in [-0.2, -0.15) is 5.10 Å². The van der Waals surface area contributed by atoms with E-state index in [1.807, 2.05) is 24.3 Å². The van der Waals surface area contributed by atoms with E-state index < -0.39 is 0 Å². The largest absolute Gasteiger partial charge is 0.378 e. The first-order chi connectivity index (χ1) is 18.4. The summed E-state index contributed by atoms with van der Waals surface area (Å²) in [6.07, 6.45) is 1.89. The van der Waals surface area contributed by atoms with Crippen LogP contribution in [0.4, 0.5) is 11.5 Å². The third-order valence-corrected chi connectivity index (χ3v) is 6.75. The summed E-state index contributed by atoms with van der Waals surface area (Å²) < 4.78 is 11.8. The van der Waals surface area contributed by atoms with Gasteiger partial charge in [-0.15, -0.1) is 0 Å². The van der Waals surface area contributed by atoms with E-state index in [0.29, 0.717) is 62.2 Å². The SMILES string of the molecule is COC1CN(C(=O)Cc2cccc(-c3cc(Nc4ccc(C(=O)N5CCOCC5)cn4)c(=O)n(C)n3)c2)C1. The molecular weight excluding hydrogens is 488 g/mol. The van der Waals surface area contributed by atoms with Crippen molar-refractivity contribution in [3.63, 3.8) is 0 Å². The van der Waals surface area contributed by atoms with Crippen LogP contribution in [0.25, 0.3) is 11.3 Å². The molecule has 0 atom stereocenters. The van der Waals surface area contributed by atoms with Gasteiger partial charge >= 0.3 is 0 Å². The fraction of sp³-hybridized carbons (Fsp3) is 0.370. The van der Waals surface area contributed by atoms with Crippen molar-refractivity contribution >= 4 is 23.3 Å². The zero-order valence-corrected chi connectivity index (χ0v) is 21.4. The fourth-order valence-corrected chi connectivity index (χ4v) is 4.44. The summed E-state index contributed by atoms with van der Waals surface area (Å²) >= 11 is 0. The lowest BCUT2D eigenvalue weighted by Gasteiger charge is -2.38. The maximum Gasteiger partial charge on any atom is 0.290 e. The molecule has 2 aliphatic rings. The number of benzene rings is 1. The summed E-state index contributed by atoms with van der Waals surface area (Å²) in [5, 5.41) is 7.46. The molecule has 4 heterocycles. The highest BCUT2D eigenvalue weighted by Crippen LogP contribution is 2.22. The van der Waals surface area contributed by atoms with Gasteiger partial charge in [0.25, 0.3) is 11.5 Å². The van der Waals surface area contributed by atoms with Crippen molar-refractivity contribution in [2.45, 2.75) is 12.5 Å². The first-order valence-corrected chi connectivity index (χ1v) is 12.5. The van der Waals surface area contributed by atoms with E-state index in [0.717, 1.165) is 11.1 Å². The Morgan fingerprint density at radius 2 is 1.89 bits per heavy atom. The van der Waals surface area contributed by atoms with E-state index in [2.05, 4.69) is 15.4 Å². The predicted molar refractivity (Wildman–Crippen MR) is 140 cm³/mol. The van der Waals surface area contributed by atoms with Gasteiger partial charge in [0.15, 0.2) is 0 Å². The first kappa shape index (κ1) is 25.6. The maximum atomic E-state index is 12.8. The van der Waals surface area contributed by atoms with Crippen LogP contribution in [-0.2, 0) is 27.7 Å². The number of aromatic nitrogens is 3. The maximum absolute atomic E-state index is 12.8. The number of hydrogen-bond donors (Lipinski definition) is 1. The van der Waals surface area contributed by atoms with Crippen LogP contribution in [0.1, 0.15) is 15.9 Å². The van der Waals surface area contributed by atoms with Crippen LogP contribution in [-0.4, -0.2) is 89.0 Å². The first-order valence-electron chi connectivity index (χ1n) is 12.5. The third-order valence-electron chi connectivity index (χ3n) is 6.75. The highest BCUT2D eigenvalue weighted by Gasteiger charge is 2.30. The van der Waals surface area contributed by atoms with E-state index in [1.165, 1.54) is 10.9 Å². The Hall–Kier alpha value is -4.09. The molecule has 2 fully saturated rings. The number of pyridine rings is 1. The molecule has 11 heteroatoms. The van der Waals surface area contributed by atoms with Crippen molar-refractivity contribution in [3.05, 3.63) is 70.1 Å². The van der Waals surface area contributed by atoms with Crippen molar-refractivity contribution in [1.29, 1.82) is 0 Å². The van der Waals surface area contributed by atoms with Crippen LogP contribution in [0, 0.1) is 0 Å². The van der Waals surface area contributed by atoms with Gasteiger partial charge in [-0.05, 0) is 29.8 Å². The minimum Gasteiger partial charge on any atom is -0.378 e. The smallest absolute Gasteiger partial charge is 0.290 e. The standard InChI is InChI=1S/C27H30N6O5/c1-31-27(36)23(29-24-7-6-20(15-28-24)26(35)32-8-10-38-11-9-32)14-22(30-31)19-5-3-4-18(12-19)13-25(34)33-16-21(17-33)37-2/h3-7,12,14-15,21H,8-11,13,16-17H2,1-2H3,(H,28,29). The number of morpholine rings is 1. The topological polar surface area (TPSA) is 119 Å². The van der Waals surface area contributed by atoms with E-state index in [9.17, 15) is 14.4 Å². The number of ether oxygens (including phenoxy) is 2. The number of rotatable bonds is 7. The summed E-state index contributed by atoms with van der Waals surface area (Å²) in [7, 11) is 3.23. The summed E-state index contributed by atoms with van der Waals surface area (Å²) in [6, 6.07) is 12.6. The Morgan fingerprint density at radius 3 is 2.61 bits per heavy atom. The number of nitrogens with one attached hydrogen (secondary N) is 1. The Kier molecular flexibility index (Phi) is 7.47. The van der Waals surface area contributed by atoms with Gasteiger partial charge in [0.2, 0.25) is 5.91 Å². The summed E-state index contributed by atoms with van der Waals surface area (Å²) in [6.45, 7) is 3.39. The molecule has 2 aliphatic heterocycles. The average molecular weight is 519 g/mol. The molecule has 0 unspecified atom stereocenters. The third kappa shape index (κ3) is 5.58. The van der Waals surface area contributed by atoms with Crippen molar-refractivity contribution in [2.24, 2.45) is 7.05 Å². The van der Waals surface area contributed by atoms with Crippen molar-refractivity contribution in [1.82, 2.24) is 24.6 Å². The lowest BCUT2D eigenvalue weighted by Crippen LogP contribution is -2.54. The lowest BCUT2D eigenvalue weighted by molar-refractivity contribution is -0.142. The monoisotopic (exact) mass is 518 g/mol. The lowest BCUT2D eigenvalue weighted by atomic mass is 10.0. The predicted octanol–water partition coefficient (Wildman–Crippen LogP) is 1.46. The highest BCUT2D eigenvalue weighted by molar-refractivity contribution is 5.94. The Labute approximate surface area is 220 Å². The minimum absolute atomic E-state index is 0.0489. The zero-order chi connectivity index (χ0) is 26.6. The molecule has 11 nitrogen and oxygen atoms in total. The summed E-state index contributed by atoms with van der Waals surface area (Å²) in [5.74, 6) is 0.384. The molecule has 3 aromatic rings. The molecule has 198 valence electrons. The molecular formula is C27H30N6O5. The summed E-state index contributed by atoms with van der Waals surface area (Å²) in [5.41, 5.74) is 2.67. The Bertz CT molecular complexity index is 1380. The summed E-state index contributed by atoms with van der Waals surface area (Å²) in [4.78, 5) is 45.9. The molecule has 0 spiro atoms. The minimum atomic E-state index is -0.319. The van der Waals surface area contributed by atoms with E-state index in [1.54, 1.807) is 42.2 Å². The van der Waals surface area contributed by atoms with E-state index >= 15 is 0 Å². The number of amides is 2. The van der Waals surface area contributed by atoms with Crippen molar-refractivity contribution in [3.8, 4) is 11.3 Å². The van der Waals surface area contributed by atoms with Crippen LogP contribution in [0.5, 0.6) is 0 Å². The molecule has 0 aliphatic carbocycles. The molecule has 5 rings (SSSR count). The Morgan fingerprint density at radius 1 is 1.11 bits per heavy atom. The number of nitrogens with zero attached hydrogens (tertiary/aromatic N) is 5. The molecule has 1 aromatic carbocycles. The average Bonchev–Trinajstić information content (AvgIpc) is 2.91. The van der Waals surface area contributed by atoms with Gasteiger partial charge in [0.05, 0.1) is 37.0 Å². The fourth-order valence-electron chi connectivity index (χ4n) is 4.44. The number of carbonyl (C=O) groups is 2. The Balaban J connectivity index is 1.30. The van der Waals surface area contributed by atoms with Crippen LogP contribution >= 0.6 is 0 Å². The zero-order valence-electron chi connectivity index (χ0n) is 21.4. The van der Waals surface area contributed by atoms with Crippen LogP contribution in [0.15, 0.2) is 53.5 Å². The number of hydrogen-bond acceptors (Lipinski definition) is 8. The quantitative estimate of drug-likeness (QED) is 0.499. The van der Waals surface area contributed by atoms with Gasteiger partial charge in [-0.25, -0.2) is 9.67 Å². The van der Waals surface area contributed by atoms with E-state index in [-0.39, 0.29) is 29.9 Å². The number of aryl methyl sites for hydroxylation is 1. The van der Waals surface area contributed by atoms with Gasteiger partial charge in [-0.1, -0.05) is 18.2 Å². The van der Waals surface area contributed by atoms with Crippen molar-refractivity contribution < 1.29 is 19.1 Å². The number of carbonyl (C=O) groups excluding carboxylic acids is 2. The second kappa shape index (κ2) is 11.1. The van der Waals surface area contributed by atoms with Crippen LogP contribution in [0.3, 0.4) is 0 Å². The van der Waals surface area contributed by atoms with Crippen LogP contribution < -0.4 is 10.9 Å². The molecule has 0 bridgehead atoms. The molecule has 2 amide bonds. The molecule has 2 aromatic heterocycles. The number of likely N-dealkylation sites (tertiary alicyclic amines) is 1. The van der Waals surface area contributed by atoms with Crippen LogP contribution in [0.2, 0.25) is 0 Å². The highest BCUT2D eigenvalue weighted by atomic mass is 16.5. The van der Waals surface area contributed by atoms with Crippen molar-refractivity contribution in [2.75, 3.05) is 51.8 Å². The second-order valence-electron chi connectivity index (χ2n) is 9.37. The molecule has 38 heavy (non-hydrogen) atoms.